The molecule has 0 radical (unpaired) electrons. The summed E-state index contributed by atoms with van der Waals surface area (Å²) < 4.78 is 71.5. The van der Waals surface area contributed by atoms with Gasteiger partial charge in [0.15, 0.2) is 0 Å². The van der Waals surface area contributed by atoms with Crippen molar-refractivity contribution >= 4 is 29.1 Å². The second-order valence-electron chi connectivity index (χ2n) is 6.73. The normalized spacial score (nSPS) is 12.8. The van der Waals surface area contributed by atoms with Crippen LogP contribution in [0.1, 0.15) is 31.8 Å². The van der Waals surface area contributed by atoms with Crippen molar-refractivity contribution in [3.63, 3.8) is 0 Å². The topological polar surface area (TPSA) is 46.6 Å². The maximum absolute atomic E-state index is 13.7. The number of halogens is 5. The lowest BCUT2D eigenvalue weighted by Gasteiger charge is -2.16. The quantitative estimate of drug-likeness (QED) is 0.137. The molecule has 0 atom stereocenters. The van der Waals surface area contributed by atoms with Crippen LogP contribution < -0.4 is 4.74 Å². The van der Waals surface area contributed by atoms with Crippen molar-refractivity contribution in [1.82, 2.24) is 4.90 Å². The Bertz CT molecular complexity index is 1230. The summed E-state index contributed by atoms with van der Waals surface area (Å²) in [6.07, 6.45) is 0. The number of ether oxygens (including phenoxy) is 1. The minimum atomic E-state index is -2.36. The van der Waals surface area contributed by atoms with Crippen LogP contribution in [-0.4, -0.2) is 21.8 Å². The first-order chi connectivity index (χ1) is 15.2. The van der Waals surface area contributed by atoms with Gasteiger partial charge in [0.25, 0.3) is 5.91 Å². The van der Waals surface area contributed by atoms with Crippen molar-refractivity contribution in [3.8, 4) is 5.75 Å². The Balaban J connectivity index is 1.51. The summed E-state index contributed by atoms with van der Waals surface area (Å²) in [6, 6.07) is 12.2. The van der Waals surface area contributed by atoms with E-state index in [0.717, 1.165) is 0 Å². The molecular formula is C22H10F5NO3S. The number of esters is 1. The molecule has 1 amide bonds. The molecule has 0 fully saturated rings. The van der Waals surface area contributed by atoms with Crippen molar-refractivity contribution in [3.05, 3.63) is 99.9 Å². The van der Waals surface area contributed by atoms with Crippen molar-refractivity contribution in [2.45, 2.75) is 6.54 Å². The Hall–Kier alpha value is -3.66. The molecule has 1 aliphatic rings. The minimum Gasteiger partial charge on any atom is -0.416 e. The molecule has 162 valence electrons. The largest absolute Gasteiger partial charge is 0.416 e. The molecule has 32 heavy (non-hydrogen) atoms. The number of amides is 1. The monoisotopic (exact) mass is 463 g/mol. The number of thiocarbonyl (C=S) groups is 1. The molecule has 0 N–H and O–H groups in total. The van der Waals surface area contributed by atoms with Crippen molar-refractivity contribution in [1.29, 1.82) is 0 Å². The highest BCUT2D eigenvalue weighted by Crippen LogP contribution is 2.30. The summed E-state index contributed by atoms with van der Waals surface area (Å²) in [5.41, 5.74) is 1.47. The van der Waals surface area contributed by atoms with E-state index in [1.54, 1.807) is 24.3 Å². The lowest BCUT2D eigenvalue weighted by atomic mass is 10.1. The molecule has 4 rings (SSSR count). The Morgan fingerprint density at radius 1 is 0.812 bits per heavy atom. The number of hydrogen-bond acceptors (Lipinski definition) is 4. The molecule has 3 aromatic carbocycles. The van der Waals surface area contributed by atoms with Crippen molar-refractivity contribution in [2.75, 3.05) is 0 Å². The Morgan fingerprint density at radius 3 is 1.91 bits per heavy atom. The Labute approximate surface area is 182 Å². The van der Waals surface area contributed by atoms with E-state index >= 15 is 0 Å². The van der Waals surface area contributed by atoms with Crippen LogP contribution in [0.3, 0.4) is 0 Å². The van der Waals surface area contributed by atoms with Crippen LogP contribution in [0.15, 0.2) is 48.5 Å². The predicted octanol–water partition coefficient (Wildman–Crippen LogP) is 4.93. The lowest BCUT2D eigenvalue weighted by Crippen LogP contribution is -2.28. The smallest absolute Gasteiger partial charge is 0.343 e. The number of benzene rings is 3. The van der Waals surface area contributed by atoms with Crippen LogP contribution in [0.25, 0.3) is 0 Å². The molecule has 0 aromatic heterocycles. The van der Waals surface area contributed by atoms with Gasteiger partial charge >= 0.3 is 5.97 Å². The third kappa shape index (κ3) is 3.52. The fraction of sp³-hybridized carbons (Fsp3) is 0.0455. The third-order valence-electron chi connectivity index (χ3n) is 4.77. The van der Waals surface area contributed by atoms with Crippen LogP contribution in [0.5, 0.6) is 5.75 Å². The highest BCUT2D eigenvalue weighted by Gasteiger charge is 2.32. The summed E-state index contributed by atoms with van der Waals surface area (Å²) in [6.45, 7) is 0.0965. The molecule has 4 nitrogen and oxygen atoms in total. The summed E-state index contributed by atoms with van der Waals surface area (Å²) in [7, 11) is 0. The van der Waals surface area contributed by atoms with Crippen LogP contribution in [0, 0.1) is 29.1 Å². The first-order valence-corrected chi connectivity index (χ1v) is 9.39. The van der Waals surface area contributed by atoms with E-state index in [2.05, 4.69) is 4.74 Å². The van der Waals surface area contributed by atoms with E-state index in [0.29, 0.717) is 21.7 Å². The minimum absolute atomic E-state index is 0.0965. The van der Waals surface area contributed by atoms with Crippen LogP contribution in [0.2, 0.25) is 0 Å². The van der Waals surface area contributed by atoms with E-state index in [1.165, 1.54) is 29.2 Å². The first-order valence-electron chi connectivity index (χ1n) is 8.98. The fourth-order valence-electron chi connectivity index (χ4n) is 3.14. The standard InChI is InChI=1S/C22H10F5NO3S/c23-14-15(24)17(26)19(18(27)16(14)25)31-22(30)11-7-5-10(6-8-11)9-28-20(29)12-3-1-2-4-13(12)21(28)32/h1-8H,9H2. The van der Waals surface area contributed by atoms with Crippen molar-refractivity contribution in [2.24, 2.45) is 0 Å². The molecule has 0 aliphatic carbocycles. The van der Waals surface area contributed by atoms with Gasteiger partial charge in [0, 0.05) is 5.56 Å². The molecule has 3 aromatic rings. The number of fused-ring (bicyclic) bond motifs is 1. The second-order valence-corrected chi connectivity index (χ2v) is 7.11. The zero-order valence-electron chi connectivity index (χ0n) is 15.8. The van der Waals surface area contributed by atoms with E-state index < -0.39 is 40.8 Å². The molecule has 0 saturated heterocycles. The average Bonchev–Trinajstić information content (AvgIpc) is 3.04. The number of nitrogens with zero attached hydrogens (tertiary/aromatic N) is 1. The number of carbonyl (C=O) groups excluding carboxylic acids is 2. The molecule has 0 spiro atoms. The fourth-order valence-corrected chi connectivity index (χ4v) is 3.46. The molecule has 1 heterocycles. The summed E-state index contributed by atoms with van der Waals surface area (Å²) >= 11 is 5.34. The van der Waals surface area contributed by atoms with Gasteiger partial charge in [-0.25, -0.2) is 18.0 Å². The molecule has 0 bridgehead atoms. The van der Waals surface area contributed by atoms with Gasteiger partial charge in [0.2, 0.25) is 34.8 Å². The maximum atomic E-state index is 13.7. The predicted molar refractivity (Wildman–Crippen MR) is 106 cm³/mol. The van der Waals surface area contributed by atoms with E-state index in [4.69, 9.17) is 12.2 Å². The number of rotatable bonds is 4. The van der Waals surface area contributed by atoms with Gasteiger partial charge in [-0.1, -0.05) is 42.5 Å². The summed E-state index contributed by atoms with van der Waals surface area (Å²) in [5, 5.41) is 0. The van der Waals surface area contributed by atoms with E-state index in [1.807, 2.05) is 0 Å². The first kappa shape index (κ1) is 21.6. The summed E-state index contributed by atoms with van der Waals surface area (Å²) in [4.78, 5) is 26.4. The van der Waals surface area contributed by atoms with Gasteiger partial charge in [-0.2, -0.15) is 8.78 Å². The van der Waals surface area contributed by atoms with Gasteiger partial charge in [-0.15, -0.1) is 0 Å². The van der Waals surface area contributed by atoms with E-state index in [-0.39, 0.29) is 18.0 Å². The molecular weight excluding hydrogens is 453 g/mol. The van der Waals surface area contributed by atoms with Crippen LogP contribution in [-0.2, 0) is 6.54 Å². The Morgan fingerprint density at radius 2 is 1.34 bits per heavy atom. The van der Waals surface area contributed by atoms with Crippen molar-refractivity contribution < 1.29 is 36.3 Å². The highest BCUT2D eigenvalue weighted by atomic mass is 32.1. The second kappa shape index (κ2) is 8.12. The van der Waals surface area contributed by atoms with Gasteiger partial charge in [-0.05, 0) is 23.8 Å². The highest BCUT2D eigenvalue weighted by molar-refractivity contribution is 7.80. The number of carbonyl (C=O) groups is 2. The van der Waals surface area contributed by atoms with Gasteiger partial charge < -0.3 is 4.74 Å². The zero-order chi connectivity index (χ0) is 23.2. The SMILES string of the molecule is O=C(Oc1c(F)c(F)c(F)c(F)c1F)c1ccc(CN2C(=O)c3ccccc3C2=S)cc1. The Kier molecular flexibility index (Phi) is 5.47. The van der Waals surface area contributed by atoms with Crippen LogP contribution >= 0.6 is 12.2 Å². The third-order valence-corrected chi connectivity index (χ3v) is 5.21. The zero-order valence-corrected chi connectivity index (χ0v) is 16.6. The maximum Gasteiger partial charge on any atom is 0.343 e. The number of hydrogen-bond donors (Lipinski definition) is 0. The lowest BCUT2D eigenvalue weighted by molar-refractivity contribution is 0.0715. The summed E-state index contributed by atoms with van der Waals surface area (Å²) in [5.74, 6) is -14.6. The molecule has 1 aliphatic heterocycles. The molecule has 10 heteroatoms. The molecule has 0 saturated carbocycles. The van der Waals surface area contributed by atoms with Gasteiger partial charge in [0.1, 0.15) is 4.99 Å². The molecule has 0 unspecified atom stereocenters. The van der Waals surface area contributed by atoms with E-state index in [9.17, 15) is 31.5 Å². The van der Waals surface area contributed by atoms with Crippen LogP contribution in [0.4, 0.5) is 22.0 Å². The van der Waals surface area contributed by atoms with Gasteiger partial charge in [0.05, 0.1) is 17.7 Å². The van der Waals surface area contributed by atoms with Gasteiger partial charge in [-0.3, -0.25) is 9.69 Å². The average molecular weight is 463 g/mol.